The van der Waals surface area contributed by atoms with E-state index in [4.69, 9.17) is 0 Å². The van der Waals surface area contributed by atoms with Gasteiger partial charge in [-0.05, 0) is 55.4 Å². The molecule has 2 fully saturated rings. The predicted octanol–water partition coefficient (Wildman–Crippen LogP) is 1.82. The molecule has 1 saturated carbocycles. The van der Waals surface area contributed by atoms with Crippen LogP contribution in [-0.2, 0) is 0 Å². The second kappa shape index (κ2) is 5.57. The number of H-pyrrole nitrogens is 1. The van der Waals surface area contributed by atoms with Crippen molar-refractivity contribution >= 4 is 16.8 Å². The van der Waals surface area contributed by atoms with E-state index < -0.39 is 12.2 Å². The molecule has 1 amide bonds. The summed E-state index contributed by atoms with van der Waals surface area (Å²) in [5.41, 5.74) is 2.00. The molecule has 1 aromatic carbocycles. The van der Waals surface area contributed by atoms with Gasteiger partial charge in [-0.15, -0.1) is 0 Å². The summed E-state index contributed by atoms with van der Waals surface area (Å²) in [6.45, 7) is 3.01. The van der Waals surface area contributed by atoms with Crippen LogP contribution < -0.4 is 0 Å². The highest BCUT2D eigenvalue weighted by Gasteiger charge is 2.42. The molecule has 4 rings (SSSR count). The second-order valence-corrected chi connectivity index (χ2v) is 7.15. The number of carbonyl (C=O) groups excluding carboxylic acids is 1. The number of benzene rings is 1. The maximum Gasteiger partial charge on any atom is 0.270 e. The van der Waals surface area contributed by atoms with E-state index in [1.165, 1.54) is 12.1 Å². The molecule has 2 aromatic rings. The monoisotopic (exact) mass is 332 g/mol. The SMILES string of the molecule is Cc1c(C(=O)N2C[C@H]3C[C@H](O)[C@H](O)C[C@H]3C2)[nH]c2ccc(F)cc12. The van der Waals surface area contributed by atoms with Crippen molar-refractivity contribution in [1.82, 2.24) is 9.88 Å². The van der Waals surface area contributed by atoms with E-state index in [9.17, 15) is 19.4 Å². The van der Waals surface area contributed by atoms with Crippen molar-refractivity contribution in [3.8, 4) is 0 Å². The van der Waals surface area contributed by atoms with E-state index in [-0.39, 0.29) is 23.6 Å². The van der Waals surface area contributed by atoms with Gasteiger partial charge in [0.05, 0.1) is 12.2 Å². The molecule has 6 heteroatoms. The van der Waals surface area contributed by atoms with Gasteiger partial charge in [0.25, 0.3) is 5.91 Å². The van der Waals surface area contributed by atoms with Crippen LogP contribution in [0.15, 0.2) is 18.2 Å². The molecule has 2 heterocycles. The third-order valence-corrected chi connectivity index (χ3v) is 5.63. The van der Waals surface area contributed by atoms with Gasteiger partial charge in [0.2, 0.25) is 0 Å². The Kier molecular flexibility index (Phi) is 3.62. The second-order valence-electron chi connectivity index (χ2n) is 7.15. The molecule has 1 aromatic heterocycles. The van der Waals surface area contributed by atoms with Crippen LogP contribution >= 0.6 is 0 Å². The highest BCUT2D eigenvalue weighted by Crippen LogP contribution is 2.37. The normalized spacial score (nSPS) is 29.9. The molecule has 3 N–H and O–H groups in total. The van der Waals surface area contributed by atoms with Crippen LogP contribution in [0.4, 0.5) is 4.39 Å². The van der Waals surface area contributed by atoms with Gasteiger partial charge >= 0.3 is 0 Å². The van der Waals surface area contributed by atoms with Gasteiger partial charge in [0.1, 0.15) is 11.5 Å². The minimum atomic E-state index is -0.695. The lowest BCUT2D eigenvalue weighted by Gasteiger charge is -2.31. The number of aromatic amines is 1. The number of aryl methyl sites for hydroxylation is 1. The number of fused-ring (bicyclic) bond motifs is 2. The Morgan fingerprint density at radius 3 is 2.46 bits per heavy atom. The van der Waals surface area contributed by atoms with E-state index in [2.05, 4.69) is 4.98 Å². The predicted molar refractivity (Wildman–Crippen MR) is 87.1 cm³/mol. The van der Waals surface area contributed by atoms with Crippen molar-refractivity contribution in [3.63, 3.8) is 0 Å². The summed E-state index contributed by atoms with van der Waals surface area (Å²) in [4.78, 5) is 17.8. The highest BCUT2D eigenvalue weighted by atomic mass is 19.1. The fraction of sp³-hybridized carbons (Fsp3) is 0.500. The summed E-state index contributed by atoms with van der Waals surface area (Å²) in [7, 11) is 0. The number of likely N-dealkylation sites (tertiary alicyclic amines) is 1. The van der Waals surface area contributed by atoms with E-state index in [1.54, 1.807) is 11.0 Å². The first-order valence-electron chi connectivity index (χ1n) is 8.37. The van der Waals surface area contributed by atoms with Gasteiger partial charge in [-0.2, -0.15) is 0 Å². The first-order valence-corrected chi connectivity index (χ1v) is 8.37. The number of halogens is 1. The Hall–Kier alpha value is -1.92. The quantitative estimate of drug-likeness (QED) is 0.745. The molecule has 24 heavy (non-hydrogen) atoms. The Balaban J connectivity index is 1.60. The third-order valence-electron chi connectivity index (χ3n) is 5.63. The lowest BCUT2D eigenvalue weighted by Crippen LogP contribution is -2.38. The number of nitrogens with zero attached hydrogens (tertiary/aromatic N) is 1. The van der Waals surface area contributed by atoms with Gasteiger partial charge in [-0.1, -0.05) is 0 Å². The number of aliphatic hydroxyl groups is 2. The minimum absolute atomic E-state index is 0.0949. The van der Waals surface area contributed by atoms with Crippen LogP contribution in [0.3, 0.4) is 0 Å². The smallest absolute Gasteiger partial charge is 0.270 e. The van der Waals surface area contributed by atoms with Crippen molar-refractivity contribution in [1.29, 1.82) is 0 Å². The summed E-state index contributed by atoms with van der Waals surface area (Å²) in [5, 5.41) is 20.4. The Morgan fingerprint density at radius 2 is 1.83 bits per heavy atom. The van der Waals surface area contributed by atoms with Crippen molar-refractivity contribution in [2.24, 2.45) is 11.8 Å². The third kappa shape index (κ3) is 2.41. The molecule has 5 nitrogen and oxygen atoms in total. The fourth-order valence-electron chi connectivity index (χ4n) is 4.24. The van der Waals surface area contributed by atoms with Crippen LogP contribution in [-0.4, -0.2) is 51.3 Å². The number of hydrogen-bond acceptors (Lipinski definition) is 3. The number of carbonyl (C=O) groups is 1. The lowest BCUT2D eigenvalue weighted by molar-refractivity contribution is -0.0372. The number of aliphatic hydroxyl groups excluding tert-OH is 2. The summed E-state index contributed by atoms with van der Waals surface area (Å²) >= 11 is 0. The maximum absolute atomic E-state index is 13.4. The first-order chi connectivity index (χ1) is 11.4. The number of hydrogen-bond donors (Lipinski definition) is 3. The number of nitrogens with one attached hydrogen (secondary N) is 1. The van der Waals surface area contributed by atoms with Crippen LogP contribution in [0, 0.1) is 24.6 Å². The zero-order chi connectivity index (χ0) is 17.0. The molecule has 0 bridgehead atoms. The summed E-state index contributed by atoms with van der Waals surface area (Å²) < 4.78 is 13.4. The van der Waals surface area contributed by atoms with Crippen molar-refractivity contribution in [2.75, 3.05) is 13.1 Å². The van der Waals surface area contributed by atoms with Crippen LogP contribution in [0.2, 0.25) is 0 Å². The molecule has 0 radical (unpaired) electrons. The molecule has 2 aliphatic rings. The molecule has 1 aliphatic carbocycles. The molecular weight excluding hydrogens is 311 g/mol. The van der Waals surface area contributed by atoms with Crippen molar-refractivity contribution in [3.05, 3.63) is 35.3 Å². The molecular formula is C18H21FN2O3. The van der Waals surface area contributed by atoms with Crippen LogP contribution in [0.1, 0.15) is 28.9 Å². The van der Waals surface area contributed by atoms with Crippen molar-refractivity contribution in [2.45, 2.75) is 32.0 Å². The highest BCUT2D eigenvalue weighted by molar-refractivity contribution is 6.01. The van der Waals surface area contributed by atoms with Gasteiger partial charge in [0.15, 0.2) is 0 Å². The zero-order valence-electron chi connectivity index (χ0n) is 13.5. The summed E-state index contributed by atoms with van der Waals surface area (Å²) in [6.07, 6.45) is -0.322. The number of amides is 1. The van der Waals surface area contributed by atoms with Crippen LogP contribution in [0.5, 0.6) is 0 Å². The lowest BCUT2D eigenvalue weighted by atomic mass is 9.79. The largest absolute Gasteiger partial charge is 0.390 e. The summed E-state index contributed by atoms with van der Waals surface area (Å²) in [6, 6.07) is 4.46. The van der Waals surface area contributed by atoms with E-state index in [0.717, 1.165) is 16.5 Å². The van der Waals surface area contributed by atoms with Gasteiger partial charge in [-0.3, -0.25) is 4.79 Å². The average molecular weight is 332 g/mol. The molecule has 4 atom stereocenters. The average Bonchev–Trinajstić information content (AvgIpc) is 3.09. The zero-order valence-corrected chi connectivity index (χ0v) is 13.5. The Bertz CT molecular complexity index is 785. The number of aromatic nitrogens is 1. The Labute approximate surface area is 139 Å². The topological polar surface area (TPSA) is 76.6 Å². The molecule has 1 saturated heterocycles. The van der Waals surface area contributed by atoms with Crippen LogP contribution in [0.25, 0.3) is 10.9 Å². The fourth-order valence-corrected chi connectivity index (χ4v) is 4.24. The van der Waals surface area contributed by atoms with E-state index >= 15 is 0 Å². The minimum Gasteiger partial charge on any atom is -0.390 e. The van der Waals surface area contributed by atoms with Gasteiger partial charge < -0.3 is 20.1 Å². The molecule has 1 aliphatic heterocycles. The van der Waals surface area contributed by atoms with Gasteiger partial charge in [0, 0.05) is 24.0 Å². The first kappa shape index (κ1) is 15.6. The van der Waals surface area contributed by atoms with Crippen molar-refractivity contribution < 1.29 is 19.4 Å². The Morgan fingerprint density at radius 1 is 1.21 bits per heavy atom. The molecule has 0 spiro atoms. The molecule has 128 valence electrons. The van der Waals surface area contributed by atoms with E-state index in [0.29, 0.717) is 31.6 Å². The van der Waals surface area contributed by atoms with E-state index in [1.807, 2.05) is 6.92 Å². The standard InChI is InChI=1S/C18H21FN2O3/c1-9-13-6-12(19)2-3-14(13)20-17(9)18(24)21-7-10-4-15(22)16(23)5-11(10)8-21/h2-3,6,10-11,15-16,20,22-23H,4-5,7-8H2,1H3/t10-,11+,15+,16-. The summed E-state index contributed by atoms with van der Waals surface area (Å²) in [5.74, 6) is 0.0465. The maximum atomic E-state index is 13.4. The molecule has 0 unspecified atom stereocenters. The van der Waals surface area contributed by atoms with Gasteiger partial charge in [-0.25, -0.2) is 4.39 Å². The number of rotatable bonds is 1.